The Morgan fingerprint density at radius 2 is 1.84 bits per heavy atom. The summed E-state index contributed by atoms with van der Waals surface area (Å²) in [7, 11) is 4.09. The van der Waals surface area contributed by atoms with Crippen LogP contribution in [0.1, 0.15) is 73.4 Å². The van der Waals surface area contributed by atoms with Crippen LogP contribution in [0, 0.1) is 0 Å². The highest BCUT2D eigenvalue weighted by atomic mass is 35.5. The summed E-state index contributed by atoms with van der Waals surface area (Å²) in [5, 5.41) is 5.79. The van der Waals surface area contributed by atoms with Gasteiger partial charge in [-0.3, -0.25) is 4.79 Å². The Morgan fingerprint density at radius 3 is 2.51 bits per heavy atom. The summed E-state index contributed by atoms with van der Waals surface area (Å²) in [6.45, 7) is 8.52. The van der Waals surface area contributed by atoms with Crippen molar-refractivity contribution in [2.24, 2.45) is 0 Å². The maximum absolute atomic E-state index is 14.0. The van der Waals surface area contributed by atoms with Crippen molar-refractivity contribution in [1.29, 1.82) is 0 Å². The molecule has 0 bridgehead atoms. The molecule has 2 aromatic heterocycles. The fourth-order valence-electron chi connectivity index (χ4n) is 5.46. The van der Waals surface area contributed by atoms with Crippen molar-refractivity contribution in [2.45, 2.75) is 58.4 Å². The van der Waals surface area contributed by atoms with E-state index in [0.717, 1.165) is 31.4 Å². The van der Waals surface area contributed by atoms with Crippen LogP contribution in [0.2, 0.25) is 5.15 Å². The van der Waals surface area contributed by atoms with E-state index >= 15 is 0 Å². The van der Waals surface area contributed by atoms with Gasteiger partial charge in [-0.25, -0.2) is 14.5 Å². The molecule has 43 heavy (non-hydrogen) atoms. The third kappa shape index (κ3) is 7.55. The normalized spacial score (nSPS) is 18.2. The van der Waals surface area contributed by atoms with Crippen LogP contribution < -0.4 is 0 Å². The smallest absolute Gasteiger partial charge is 0.410 e. The van der Waals surface area contributed by atoms with Gasteiger partial charge in [-0.05, 0) is 77.4 Å². The number of ether oxygens (including phenoxy) is 2. The second-order valence-corrected chi connectivity index (χ2v) is 12.8. The van der Waals surface area contributed by atoms with Gasteiger partial charge in [0.1, 0.15) is 10.8 Å². The first kappa shape index (κ1) is 31.0. The topological polar surface area (TPSA) is 93.0 Å². The molecule has 2 saturated heterocycles. The van der Waals surface area contributed by atoms with Crippen molar-refractivity contribution < 1.29 is 19.1 Å². The number of hydrogen-bond donors (Lipinski definition) is 0. The summed E-state index contributed by atoms with van der Waals surface area (Å²) >= 11 is 6.53. The van der Waals surface area contributed by atoms with Crippen molar-refractivity contribution in [3.8, 4) is 0 Å². The highest BCUT2D eigenvalue weighted by molar-refractivity contribution is 6.30. The summed E-state index contributed by atoms with van der Waals surface area (Å²) in [4.78, 5) is 36.8. The molecule has 10 nitrogen and oxygen atoms in total. The molecule has 230 valence electrons. The van der Waals surface area contributed by atoms with E-state index in [0.29, 0.717) is 55.1 Å². The number of hydrogen-bond acceptors (Lipinski definition) is 7. The lowest BCUT2D eigenvalue weighted by atomic mass is 10.1. The van der Waals surface area contributed by atoms with Crippen LogP contribution in [-0.2, 0) is 16.0 Å². The number of aromatic nitrogens is 3. The number of carbonyl (C=O) groups excluding carboxylic acids is 2. The SMILES string of the molecule is CN(C)Cc1cccc(C=Cc2nn(C3CCCCO3)c3nc(Cl)cc(C(=O)N4CCN(C(=O)OC(C)(C)C)CC4)c23)c1. The Kier molecular flexibility index (Phi) is 9.39. The minimum atomic E-state index is -0.580. The van der Waals surface area contributed by atoms with E-state index in [1.807, 2.05) is 59.2 Å². The molecule has 1 unspecified atom stereocenters. The summed E-state index contributed by atoms with van der Waals surface area (Å²) in [5.74, 6) is -0.176. The number of halogens is 1. The van der Waals surface area contributed by atoms with Crippen LogP contribution in [0.25, 0.3) is 23.2 Å². The molecule has 0 radical (unpaired) electrons. The third-order valence-electron chi connectivity index (χ3n) is 7.42. The van der Waals surface area contributed by atoms with Gasteiger partial charge in [0.05, 0.1) is 16.6 Å². The Balaban J connectivity index is 1.48. The molecule has 2 aliphatic heterocycles. The summed E-state index contributed by atoms with van der Waals surface area (Å²) < 4.78 is 13.4. The van der Waals surface area contributed by atoms with Crippen molar-refractivity contribution in [3.05, 3.63) is 57.9 Å². The second-order valence-electron chi connectivity index (χ2n) is 12.4. The van der Waals surface area contributed by atoms with E-state index in [2.05, 4.69) is 22.0 Å². The Morgan fingerprint density at radius 1 is 1.09 bits per heavy atom. The predicted octanol–water partition coefficient (Wildman–Crippen LogP) is 5.71. The number of nitrogens with zero attached hydrogens (tertiary/aromatic N) is 6. The molecule has 1 aromatic carbocycles. The second kappa shape index (κ2) is 13.0. The quantitative estimate of drug-likeness (QED) is 0.331. The number of amides is 2. The van der Waals surface area contributed by atoms with Gasteiger partial charge in [0.25, 0.3) is 5.91 Å². The van der Waals surface area contributed by atoms with Gasteiger partial charge in [-0.2, -0.15) is 5.10 Å². The fourth-order valence-corrected chi connectivity index (χ4v) is 5.65. The molecule has 3 aromatic rings. The minimum Gasteiger partial charge on any atom is -0.444 e. The lowest BCUT2D eigenvalue weighted by Crippen LogP contribution is -2.51. The molecular weight excluding hydrogens is 568 g/mol. The largest absolute Gasteiger partial charge is 0.444 e. The van der Waals surface area contributed by atoms with E-state index in [1.165, 1.54) is 5.56 Å². The highest BCUT2D eigenvalue weighted by Crippen LogP contribution is 2.32. The van der Waals surface area contributed by atoms with Crippen molar-refractivity contribution in [2.75, 3.05) is 46.9 Å². The average Bonchev–Trinajstić information content (AvgIpc) is 3.33. The zero-order valence-electron chi connectivity index (χ0n) is 25.7. The van der Waals surface area contributed by atoms with Gasteiger partial charge >= 0.3 is 6.09 Å². The van der Waals surface area contributed by atoms with Gasteiger partial charge in [-0.1, -0.05) is 41.9 Å². The van der Waals surface area contributed by atoms with Gasteiger partial charge < -0.3 is 24.2 Å². The van der Waals surface area contributed by atoms with Crippen molar-refractivity contribution in [1.82, 2.24) is 29.5 Å². The maximum atomic E-state index is 14.0. The summed E-state index contributed by atoms with van der Waals surface area (Å²) in [6, 6.07) is 9.95. The molecule has 5 rings (SSSR count). The first-order valence-corrected chi connectivity index (χ1v) is 15.3. The molecule has 1 atom stereocenters. The zero-order chi connectivity index (χ0) is 30.7. The van der Waals surface area contributed by atoms with E-state index in [9.17, 15) is 9.59 Å². The van der Waals surface area contributed by atoms with Crippen LogP contribution in [0.5, 0.6) is 0 Å². The summed E-state index contributed by atoms with van der Waals surface area (Å²) in [6.07, 6.45) is 6.11. The highest BCUT2D eigenvalue weighted by Gasteiger charge is 2.31. The number of piperazine rings is 1. The predicted molar refractivity (Wildman–Crippen MR) is 168 cm³/mol. The maximum Gasteiger partial charge on any atom is 0.410 e. The van der Waals surface area contributed by atoms with E-state index in [1.54, 1.807) is 20.5 Å². The van der Waals surface area contributed by atoms with Crippen LogP contribution in [0.4, 0.5) is 4.79 Å². The molecule has 2 fully saturated rings. The molecule has 2 aliphatic rings. The third-order valence-corrected chi connectivity index (χ3v) is 7.61. The Hall–Kier alpha value is -3.47. The molecule has 0 N–H and O–H groups in total. The lowest BCUT2D eigenvalue weighted by Gasteiger charge is -2.35. The van der Waals surface area contributed by atoms with Crippen LogP contribution in [-0.4, -0.2) is 93.9 Å². The number of pyridine rings is 1. The van der Waals surface area contributed by atoms with Gasteiger partial charge in [0, 0.05) is 39.3 Å². The van der Waals surface area contributed by atoms with Gasteiger partial charge in [0.15, 0.2) is 11.9 Å². The number of benzene rings is 1. The first-order valence-electron chi connectivity index (χ1n) is 14.9. The molecule has 0 spiro atoms. The Bertz CT molecular complexity index is 1500. The number of carbonyl (C=O) groups is 2. The van der Waals surface area contributed by atoms with Crippen LogP contribution in [0.3, 0.4) is 0 Å². The first-order chi connectivity index (χ1) is 20.5. The molecule has 0 saturated carbocycles. The van der Waals surface area contributed by atoms with Crippen LogP contribution >= 0.6 is 11.6 Å². The summed E-state index contributed by atoms with van der Waals surface area (Å²) in [5.41, 5.74) is 3.24. The number of rotatable bonds is 6. The zero-order valence-corrected chi connectivity index (χ0v) is 26.4. The molecule has 2 amide bonds. The minimum absolute atomic E-state index is 0.176. The van der Waals surface area contributed by atoms with Gasteiger partial charge in [0.2, 0.25) is 0 Å². The molecule has 0 aliphatic carbocycles. The van der Waals surface area contributed by atoms with E-state index < -0.39 is 5.60 Å². The van der Waals surface area contributed by atoms with Gasteiger partial charge in [-0.15, -0.1) is 0 Å². The lowest BCUT2D eigenvalue weighted by molar-refractivity contribution is -0.0370. The van der Waals surface area contributed by atoms with E-state index in [4.69, 9.17) is 26.2 Å². The van der Waals surface area contributed by atoms with Crippen molar-refractivity contribution >= 4 is 46.8 Å². The molecule has 11 heteroatoms. The average molecular weight is 609 g/mol. The Labute approximate surface area is 258 Å². The van der Waals surface area contributed by atoms with Crippen molar-refractivity contribution in [3.63, 3.8) is 0 Å². The monoisotopic (exact) mass is 608 g/mol. The molecular formula is C32H41ClN6O4. The standard InChI is InChI=1S/C32H41ClN6O4/c1-32(2,3)43-31(41)38-16-14-37(15-17-38)30(40)24-20-26(33)34-29-28(24)25(35-39(29)27-11-6-7-18-42-27)13-12-22-9-8-10-23(19-22)21-36(4)5/h8-10,12-13,19-20,27H,6-7,11,14-18,21H2,1-5H3. The van der Waals surface area contributed by atoms with Crippen LogP contribution in [0.15, 0.2) is 30.3 Å². The fraction of sp³-hybridized carbons (Fsp3) is 0.500. The number of fused-ring (bicyclic) bond motifs is 1. The van der Waals surface area contributed by atoms with E-state index in [-0.39, 0.29) is 23.4 Å². The molecule has 4 heterocycles.